The van der Waals surface area contributed by atoms with Crippen molar-refractivity contribution < 1.29 is 19.1 Å². The lowest BCUT2D eigenvalue weighted by atomic mass is 9.73. The van der Waals surface area contributed by atoms with Crippen molar-refractivity contribution >= 4 is 11.9 Å². The molecule has 0 radical (unpaired) electrons. The molecule has 1 atom stereocenters. The molecule has 0 saturated carbocycles. The number of esters is 2. The Morgan fingerprint density at radius 2 is 1.58 bits per heavy atom. The van der Waals surface area contributed by atoms with Gasteiger partial charge in [-0.05, 0) is 30.4 Å². The van der Waals surface area contributed by atoms with Gasteiger partial charge in [0, 0.05) is 12.3 Å². The zero-order valence-corrected chi connectivity index (χ0v) is 15.5. The summed E-state index contributed by atoms with van der Waals surface area (Å²) in [4.78, 5) is 23.5. The molecule has 0 bridgehead atoms. The van der Waals surface area contributed by atoms with E-state index < -0.39 is 0 Å². The molecule has 1 aromatic rings. The van der Waals surface area contributed by atoms with E-state index in [0.717, 1.165) is 12.8 Å². The van der Waals surface area contributed by atoms with Gasteiger partial charge in [0.1, 0.15) is 13.2 Å². The number of carbonyl (C=O) groups excluding carboxylic acids is 2. The van der Waals surface area contributed by atoms with Gasteiger partial charge in [0.25, 0.3) is 0 Å². The predicted molar refractivity (Wildman–Crippen MR) is 94.7 cm³/mol. The maximum Gasteiger partial charge on any atom is 0.338 e. The van der Waals surface area contributed by atoms with Crippen molar-refractivity contribution in [2.45, 2.75) is 47.5 Å². The first kappa shape index (κ1) is 20.2. The Bertz CT molecular complexity index is 522. The van der Waals surface area contributed by atoms with Gasteiger partial charge in [-0.25, -0.2) is 4.79 Å². The van der Waals surface area contributed by atoms with Gasteiger partial charge in [0.05, 0.1) is 5.56 Å². The molecular formula is C20H30O4. The first-order valence-electron chi connectivity index (χ1n) is 8.62. The molecule has 134 valence electrons. The van der Waals surface area contributed by atoms with Crippen LogP contribution in [0.2, 0.25) is 0 Å². The molecule has 4 nitrogen and oxygen atoms in total. The van der Waals surface area contributed by atoms with Crippen LogP contribution in [0.4, 0.5) is 0 Å². The van der Waals surface area contributed by atoms with E-state index in [4.69, 9.17) is 9.47 Å². The molecule has 0 aliphatic heterocycles. The van der Waals surface area contributed by atoms with Crippen LogP contribution in [0.15, 0.2) is 30.3 Å². The van der Waals surface area contributed by atoms with Crippen molar-refractivity contribution in [3.05, 3.63) is 35.9 Å². The monoisotopic (exact) mass is 334 g/mol. The van der Waals surface area contributed by atoms with E-state index in [2.05, 4.69) is 27.7 Å². The standard InChI is InChI=1S/C20H30O4/c1-15(2)11-12-20(16(3)4,13-23-17(5)21)14-24-19(22)18-9-7-6-8-10-18/h6-10,15-16H,11-14H2,1-5H3. The first-order valence-corrected chi connectivity index (χ1v) is 8.62. The second kappa shape index (κ2) is 9.45. The molecule has 0 aliphatic rings. The van der Waals surface area contributed by atoms with E-state index in [-0.39, 0.29) is 36.5 Å². The molecule has 4 heteroatoms. The summed E-state index contributed by atoms with van der Waals surface area (Å²) >= 11 is 0. The number of benzene rings is 1. The predicted octanol–water partition coefficient (Wildman–Crippen LogP) is 4.49. The second-order valence-corrected chi connectivity index (χ2v) is 7.17. The van der Waals surface area contributed by atoms with Crippen LogP contribution in [-0.4, -0.2) is 25.2 Å². The molecule has 1 unspecified atom stereocenters. The molecule has 0 aliphatic carbocycles. The van der Waals surface area contributed by atoms with E-state index in [1.807, 2.05) is 18.2 Å². The summed E-state index contributed by atoms with van der Waals surface area (Å²) in [5.41, 5.74) is 0.173. The number of hydrogen-bond donors (Lipinski definition) is 0. The lowest BCUT2D eigenvalue weighted by Crippen LogP contribution is -2.39. The number of rotatable bonds is 9. The van der Waals surface area contributed by atoms with Gasteiger partial charge < -0.3 is 9.47 Å². The molecule has 1 aromatic carbocycles. The largest absolute Gasteiger partial charge is 0.465 e. The van der Waals surface area contributed by atoms with Crippen LogP contribution in [-0.2, 0) is 14.3 Å². The van der Waals surface area contributed by atoms with Crippen molar-refractivity contribution in [1.82, 2.24) is 0 Å². The first-order chi connectivity index (χ1) is 11.3. The second-order valence-electron chi connectivity index (χ2n) is 7.17. The van der Waals surface area contributed by atoms with E-state index in [0.29, 0.717) is 11.5 Å². The lowest BCUT2D eigenvalue weighted by molar-refractivity contribution is -0.147. The van der Waals surface area contributed by atoms with Gasteiger partial charge in [-0.2, -0.15) is 0 Å². The highest BCUT2D eigenvalue weighted by molar-refractivity contribution is 5.89. The quantitative estimate of drug-likeness (QED) is 0.625. The highest BCUT2D eigenvalue weighted by Gasteiger charge is 2.37. The van der Waals surface area contributed by atoms with Gasteiger partial charge in [-0.3, -0.25) is 4.79 Å². The molecule has 0 aromatic heterocycles. The summed E-state index contributed by atoms with van der Waals surface area (Å²) in [5.74, 6) is 0.108. The van der Waals surface area contributed by atoms with Crippen LogP contribution >= 0.6 is 0 Å². The van der Waals surface area contributed by atoms with Gasteiger partial charge in [0.2, 0.25) is 0 Å². The average molecular weight is 334 g/mol. The Balaban J connectivity index is 2.85. The smallest absolute Gasteiger partial charge is 0.338 e. The van der Waals surface area contributed by atoms with Crippen LogP contribution < -0.4 is 0 Å². The Hall–Kier alpha value is -1.84. The molecule has 0 saturated heterocycles. The Labute approximate surface area is 145 Å². The topological polar surface area (TPSA) is 52.6 Å². The lowest BCUT2D eigenvalue weighted by Gasteiger charge is -2.37. The van der Waals surface area contributed by atoms with Gasteiger partial charge in [-0.15, -0.1) is 0 Å². The number of ether oxygens (including phenoxy) is 2. The molecular weight excluding hydrogens is 304 g/mol. The fourth-order valence-corrected chi connectivity index (χ4v) is 2.50. The van der Waals surface area contributed by atoms with Crippen molar-refractivity contribution in [2.75, 3.05) is 13.2 Å². The SMILES string of the molecule is CC(=O)OCC(CCC(C)C)(COC(=O)c1ccccc1)C(C)C. The molecule has 0 amide bonds. The Morgan fingerprint density at radius 3 is 2.08 bits per heavy atom. The van der Waals surface area contributed by atoms with Crippen molar-refractivity contribution in [2.24, 2.45) is 17.3 Å². The average Bonchev–Trinajstić information content (AvgIpc) is 2.54. The van der Waals surface area contributed by atoms with E-state index in [9.17, 15) is 9.59 Å². The third kappa shape index (κ3) is 6.34. The molecule has 0 fully saturated rings. The van der Waals surface area contributed by atoms with Crippen LogP contribution in [0.5, 0.6) is 0 Å². The van der Waals surface area contributed by atoms with E-state index >= 15 is 0 Å². The third-order valence-electron chi connectivity index (χ3n) is 4.51. The summed E-state index contributed by atoms with van der Waals surface area (Å²) in [5, 5.41) is 0. The van der Waals surface area contributed by atoms with Crippen LogP contribution in [0.1, 0.15) is 57.8 Å². The Kier molecular flexibility index (Phi) is 7.96. The number of hydrogen-bond acceptors (Lipinski definition) is 4. The van der Waals surface area contributed by atoms with Gasteiger partial charge in [-0.1, -0.05) is 52.3 Å². The zero-order valence-electron chi connectivity index (χ0n) is 15.5. The number of carbonyl (C=O) groups is 2. The van der Waals surface area contributed by atoms with Crippen molar-refractivity contribution in [1.29, 1.82) is 0 Å². The summed E-state index contributed by atoms with van der Waals surface area (Å²) in [6, 6.07) is 8.95. The molecule has 1 rings (SSSR count). The minimum atomic E-state index is -0.361. The van der Waals surface area contributed by atoms with Crippen molar-refractivity contribution in [3.63, 3.8) is 0 Å². The fraction of sp³-hybridized carbons (Fsp3) is 0.600. The fourth-order valence-electron chi connectivity index (χ4n) is 2.50. The van der Waals surface area contributed by atoms with Crippen LogP contribution in [0, 0.1) is 17.3 Å². The minimum Gasteiger partial charge on any atom is -0.465 e. The maximum absolute atomic E-state index is 12.3. The normalized spacial score (nSPS) is 13.6. The van der Waals surface area contributed by atoms with E-state index in [1.165, 1.54) is 6.92 Å². The summed E-state index contributed by atoms with van der Waals surface area (Å²) < 4.78 is 10.9. The summed E-state index contributed by atoms with van der Waals surface area (Å²) in [7, 11) is 0. The van der Waals surface area contributed by atoms with Gasteiger partial charge >= 0.3 is 11.9 Å². The summed E-state index contributed by atoms with van der Waals surface area (Å²) in [6.45, 7) is 10.4. The maximum atomic E-state index is 12.3. The van der Waals surface area contributed by atoms with Gasteiger partial charge in [0.15, 0.2) is 0 Å². The highest BCUT2D eigenvalue weighted by Crippen LogP contribution is 2.35. The van der Waals surface area contributed by atoms with E-state index in [1.54, 1.807) is 12.1 Å². The summed E-state index contributed by atoms with van der Waals surface area (Å²) in [6.07, 6.45) is 1.83. The van der Waals surface area contributed by atoms with Crippen LogP contribution in [0.25, 0.3) is 0 Å². The third-order valence-corrected chi connectivity index (χ3v) is 4.51. The molecule has 0 heterocycles. The van der Waals surface area contributed by atoms with Crippen molar-refractivity contribution in [3.8, 4) is 0 Å². The zero-order chi connectivity index (χ0) is 18.2. The van der Waals surface area contributed by atoms with Crippen LogP contribution in [0.3, 0.4) is 0 Å². The Morgan fingerprint density at radius 1 is 1.00 bits per heavy atom. The molecule has 24 heavy (non-hydrogen) atoms. The minimum absolute atomic E-state index is 0.221. The highest BCUT2D eigenvalue weighted by atomic mass is 16.5. The molecule has 0 N–H and O–H groups in total. The molecule has 0 spiro atoms.